The average Bonchev–Trinajstić information content (AvgIpc) is 2.31. The Morgan fingerprint density at radius 1 is 1.38 bits per heavy atom. The summed E-state index contributed by atoms with van der Waals surface area (Å²) in [5.74, 6) is 1.09. The van der Waals surface area contributed by atoms with E-state index in [2.05, 4.69) is 10.6 Å². The van der Waals surface area contributed by atoms with Crippen LogP contribution in [0.2, 0.25) is 0 Å². The second-order valence-corrected chi connectivity index (χ2v) is 3.64. The van der Waals surface area contributed by atoms with Gasteiger partial charge in [-0.2, -0.15) is 0 Å². The van der Waals surface area contributed by atoms with Gasteiger partial charge in [-0.1, -0.05) is 0 Å². The van der Waals surface area contributed by atoms with Crippen molar-refractivity contribution in [3.8, 4) is 11.5 Å². The molecule has 0 aromatic heterocycles. The molecule has 0 radical (unpaired) electrons. The number of piperazine rings is 1. The van der Waals surface area contributed by atoms with E-state index in [9.17, 15) is 5.11 Å². The van der Waals surface area contributed by atoms with Crippen molar-refractivity contribution in [3.63, 3.8) is 0 Å². The summed E-state index contributed by atoms with van der Waals surface area (Å²) in [6, 6.07) is 5.47. The minimum absolute atomic E-state index is 0. The number of halogens is 1. The number of phenols is 1. The number of methoxy groups -OCH3 is 1. The van der Waals surface area contributed by atoms with Crippen molar-refractivity contribution in [1.82, 2.24) is 10.6 Å². The van der Waals surface area contributed by atoms with Crippen LogP contribution in [0.3, 0.4) is 0 Å². The molecule has 16 heavy (non-hydrogen) atoms. The van der Waals surface area contributed by atoms with Crippen molar-refractivity contribution < 1.29 is 9.84 Å². The Balaban J connectivity index is 0.00000128. The zero-order valence-electron chi connectivity index (χ0n) is 9.19. The zero-order valence-corrected chi connectivity index (χ0v) is 10.0. The molecular formula is C11H17ClN2O2. The molecule has 0 saturated carbocycles. The summed E-state index contributed by atoms with van der Waals surface area (Å²) in [5.41, 5.74) is 0.890. The van der Waals surface area contributed by atoms with Crippen LogP contribution in [0.5, 0.6) is 11.5 Å². The van der Waals surface area contributed by atoms with Crippen molar-refractivity contribution >= 4 is 12.4 Å². The van der Waals surface area contributed by atoms with Crippen LogP contribution in [0, 0.1) is 0 Å². The van der Waals surface area contributed by atoms with Gasteiger partial charge >= 0.3 is 0 Å². The molecule has 1 atom stereocenters. The summed E-state index contributed by atoms with van der Waals surface area (Å²) in [7, 11) is 1.63. The molecule has 1 saturated heterocycles. The quantitative estimate of drug-likeness (QED) is 0.728. The van der Waals surface area contributed by atoms with Crippen molar-refractivity contribution in [2.45, 2.75) is 6.04 Å². The molecule has 1 heterocycles. The first-order chi connectivity index (χ1) is 7.31. The van der Waals surface area contributed by atoms with Crippen molar-refractivity contribution in [2.75, 3.05) is 26.7 Å². The van der Waals surface area contributed by atoms with Gasteiger partial charge in [-0.05, 0) is 18.2 Å². The summed E-state index contributed by atoms with van der Waals surface area (Å²) in [5, 5.41) is 16.4. The van der Waals surface area contributed by atoms with E-state index in [0.717, 1.165) is 30.9 Å². The van der Waals surface area contributed by atoms with E-state index in [4.69, 9.17) is 4.74 Å². The SMILES string of the molecule is COc1ccc(O)c([C@@H]2CNCCN2)c1.Cl. The molecule has 0 unspecified atom stereocenters. The molecule has 0 amide bonds. The van der Waals surface area contributed by atoms with Gasteiger partial charge in [-0.3, -0.25) is 0 Å². The predicted octanol–water partition coefficient (Wildman–Crippen LogP) is 1.06. The Morgan fingerprint density at radius 2 is 2.19 bits per heavy atom. The van der Waals surface area contributed by atoms with Gasteiger partial charge in [0, 0.05) is 31.2 Å². The third-order valence-corrected chi connectivity index (χ3v) is 2.65. The second kappa shape index (κ2) is 5.94. The van der Waals surface area contributed by atoms with Crippen LogP contribution >= 0.6 is 12.4 Å². The van der Waals surface area contributed by atoms with Gasteiger partial charge in [0.1, 0.15) is 11.5 Å². The fourth-order valence-electron chi connectivity index (χ4n) is 1.81. The van der Waals surface area contributed by atoms with E-state index in [1.165, 1.54) is 0 Å². The van der Waals surface area contributed by atoms with Gasteiger partial charge in [-0.25, -0.2) is 0 Å². The smallest absolute Gasteiger partial charge is 0.120 e. The van der Waals surface area contributed by atoms with Crippen LogP contribution in [-0.4, -0.2) is 31.9 Å². The minimum atomic E-state index is 0. The highest BCUT2D eigenvalue weighted by Crippen LogP contribution is 2.28. The number of benzene rings is 1. The molecule has 1 aromatic rings. The third kappa shape index (κ3) is 2.78. The van der Waals surface area contributed by atoms with Crippen molar-refractivity contribution in [2.24, 2.45) is 0 Å². The van der Waals surface area contributed by atoms with E-state index in [1.807, 2.05) is 6.07 Å². The fraction of sp³-hybridized carbons (Fsp3) is 0.455. The van der Waals surface area contributed by atoms with Gasteiger partial charge in [0.2, 0.25) is 0 Å². The van der Waals surface area contributed by atoms with E-state index >= 15 is 0 Å². The highest BCUT2D eigenvalue weighted by molar-refractivity contribution is 5.85. The molecule has 3 N–H and O–H groups in total. The number of hydrogen-bond donors (Lipinski definition) is 3. The summed E-state index contributed by atoms with van der Waals surface area (Å²) in [4.78, 5) is 0. The van der Waals surface area contributed by atoms with Crippen LogP contribution in [0.15, 0.2) is 18.2 Å². The average molecular weight is 245 g/mol. The van der Waals surface area contributed by atoms with Crippen LogP contribution in [0.25, 0.3) is 0 Å². The first-order valence-electron chi connectivity index (χ1n) is 5.12. The van der Waals surface area contributed by atoms with E-state index in [-0.39, 0.29) is 18.4 Å². The number of phenolic OH excluding ortho intramolecular Hbond substituents is 1. The molecule has 0 aliphatic carbocycles. The molecule has 1 aliphatic heterocycles. The monoisotopic (exact) mass is 244 g/mol. The normalized spacial score (nSPS) is 19.9. The lowest BCUT2D eigenvalue weighted by molar-refractivity contribution is 0.391. The molecule has 2 rings (SSSR count). The number of ether oxygens (including phenoxy) is 1. The molecule has 4 nitrogen and oxygen atoms in total. The molecule has 1 fully saturated rings. The standard InChI is InChI=1S/C11H16N2O2.ClH/c1-15-8-2-3-11(14)9(6-8)10-7-12-4-5-13-10;/h2-3,6,10,12-14H,4-5,7H2,1H3;1H/t10-;/m0./s1. The third-order valence-electron chi connectivity index (χ3n) is 2.65. The topological polar surface area (TPSA) is 53.5 Å². The van der Waals surface area contributed by atoms with Crippen molar-refractivity contribution in [3.05, 3.63) is 23.8 Å². The zero-order chi connectivity index (χ0) is 10.7. The highest BCUT2D eigenvalue weighted by Gasteiger charge is 2.17. The summed E-state index contributed by atoms with van der Waals surface area (Å²) >= 11 is 0. The Bertz CT molecular complexity index is 341. The Hall–Kier alpha value is -0.970. The van der Waals surface area contributed by atoms with Crippen molar-refractivity contribution in [1.29, 1.82) is 0 Å². The second-order valence-electron chi connectivity index (χ2n) is 3.64. The van der Waals surface area contributed by atoms with Crippen LogP contribution < -0.4 is 15.4 Å². The van der Waals surface area contributed by atoms with E-state index < -0.39 is 0 Å². The Kier molecular flexibility index (Phi) is 4.86. The summed E-state index contributed by atoms with van der Waals surface area (Å²) < 4.78 is 5.14. The molecular weight excluding hydrogens is 228 g/mol. The predicted molar refractivity (Wildman–Crippen MR) is 65.5 cm³/mol. The molecule has 0 bridgehead atoms. The van der Waals surface area contributed by atoms with Crippen LogP contribution in [0.4, 0.5) is 0 Å². The maximum absolute atomic E-state index is 9.76. The molecule has 0 spiro atoms. The van der Waals surface area contributed by atoms with Crippen LogP contribution in [0.1, 0.15) is 11.6 Å². The lowest BCUT2D eigenvalue weighted by Crippen LogP contribution is -2.42. The maximum atomic E-state index is 9.76. The fourth-order valence-corrected chi connectivity index (χ4v) is 1.81. The Morgan fingerprint density at radius 3 is 2.81 bits per heavy atom. The summed E-state index contributed by atoms with van der Waals surface area (Å²) in [6.07, 6.45) is 0. The summed E-state index contributed by atoms with van der Waals surface area (Å²) in [6.45, 7) is 2.73. The van der Waals surface area contributed by atoms with E-state index in [1.54, 1.807) is 19.2 Å². The molecule has 90 valence electrons. The Labute approximate surface area is 101 Å². The number of hydrogen-bond acceptors (Lipinski definition) is 4. The van der Waals surface area contributed by atoms with E-state index in [0.29, 0.717) is 5.75 Å². The maximum Gasteiger partial charge on any atom is 0.120 e. The van der Waals surface area contributed by atoms with Crippen LogP contribution in [-0.2, 0) is 0 Å². The largest absolute Gasteiger partial charge is 0.508 e. The molecule has 1 aromatic carbocycles. The lowest BCUT2D eigenvalue weighted by Gasteiger charge is -2.25. The number of nitrogens with one attached hydrogen (secondary N) is 2. The molecule has 5 heteroatoms. The number of rotatable bonds is 2. The lowest BCUT2D eigenvalue weighted by atomic mass is 10.0. The first kappa shape index (κ1) is 13.1. The van der Waals surface area contributed by atoms with Gasteiger partial charge in [-0.15, -0.1) is 12.4 Å². The van der Waals surface area contributed by atoms with Gasteiger partial charge in [0.15, 0.2) is 0 Å². The van der Waals surface area contributed by atoms with Gasteiger partial charge in [0.05, 0.1) is 7.11 Å². The number of aromatic hydroxyl groups is 1. The van der Waals surface area contributed by atoms with Gasteiger partial charge in [0.25, 0.3) is 0 Å². The first-order valence-corrected chi connectivity index (χ1v) is 5.12. The van der Waals surface area contributed by atoms with Gasteiger partial charge < -0.3 is 20.5 Å². The minimum Gasteiger partial charge on any atom is -0.508 e. The molecule has 1 aliphatic rings. The highest BCUT2D eigenvalue weighted by atomic mass is 35.5.